The van der Waals surface area contributed by atoms with Crippen LogP contribution in [0.3, 0.4) is 0 Å². The van der Waals surface area contributed by atoms with Crippen LogP contribution in [0.5, 0.6) is 5.75 Å². The van der Waals surface area contributed by atoms with E-state index in [0.29, 0.717) is 0 Å². The number of benzene rings is 1. The summed E-state index contributed by atoms with van der Waals surface area (Å²) >= 11 is 0. The fourth-order valence-electron chi connectivity index (χ4n) is 2.08. The molecular weight excluding hydrogens is 236 g/mol. The third-order valence-electron chi connectivity index (χ3n) is 3.35. The van der Waals surface area contributed by atoms with E-state index in [1.54, 1.807) is 7.11 Å². The lowest BCUT2D eigenvalue weighted by atomic mass is 10.1. The molecule has 0 saturated heterocycles. The van der Waals surface area contributed by atoms with Crippen molar-refractivity contribution in [1.29, 1.82) is 0 Å². The molecule has 0 saturated carbocycles. The zero-order chi connectivity index (χ0) is 13.7. The van der Waals surface area contributed by atoms with Gasteiger partial charge in [-0.3, -0.25) is 4.98 Å². The highest BCUT2D eigenvalue weighted by Gasteiger charge is 2.10. The molecule has 3 heteroatoms. The first-order valence-corrected chi connectivity index (χ1v) is 6.48. The van der Waals surface area contributed by atoms with Crippen LogP contribution in [0.15, 0.2) is 42.7 Å². The number of nitrogens with zero attached hydrogens (tertiary/aromatic N) is 1. The third-order valence-corrected chi connectivity index (χ3v) is 3.35. The molecule has 2 rings (SSSR count). The highest BCUT2D eigenvalue weighted by Crippen LogP contribution is 2.24. The van der Waals surface area contributed by atoms with E-state index >= 15 is 0 Å². The maximum atomic E-state index is 5.39. The van der Waals surface area contributed by atoms with Crippen molar-refractivity contribution in [2.45, 2.75) is 26.4 Å². The summed E-state index contributed by atoms with van der Waals surface area (Å²) in [5, 5.41) is 3.51. The summed E-state index contributed by atoms with van der Waals surface area (Å²) in [4.78, 5) is 4.17. The molecule has 0 aliphatic heterocycles. The van der Waals surface area contributed by atoms with Crippen molar-refractivity contribution in [3.8, 4) is 5.75 Å². The number of nitrogens with one attached hydrogen (secondary N) is 1. The van der Waals surface area contributed by atoms with Crippen LogP contribution in [-0.2, 0) is 6.54 Å². The molecule has 2 aromatic rings. The van der Waals surface area contributed by atoms with Crippen LogP contribution in [0.25, 0.3) is 0 Å². The number of ether oxygens (including phenoxy) is 1. The molecule has 0 bridgehead atoms. The van der Waals surface area contributed by atoms with Gasteiger partial charge in [-0.15, -0.1) is 0 Å². The smallest absolute Gasteiger partial charge is 0.123 e. The van der Waals surface area contributed by atoms with Gasteiger partial charge in [0.2, 0.25) is 0 Å². The van der Waals surface area contributed by atoms with Crippen LogP contribution in [0, 0.1) is 6.92 Å². The van der Waals surface area contributed by atoms with Gasteiger partial charge in [0.05, 0.1) is 7.11 Å². The van der Waals surface area contributed by atoms with E-state index in [4.69, 9.17) is 4.74 Å². The Bertz CT molecular complexity index is 540. The van der Waals surface area contributed by atoms with E-state index in [1.807, 2.05) is 36.7 Å². The van der Waals surface area contributed by atoms with Gasteiger partial charge in [0, 0.05) is 30.5 Å². The van der Waals surface area contributed by atoms with E-state index in [1.165, 1.54) is 16.7 Å². The van der Waals surface area contributed by atoms with Crippen LogP contribution in [0.1, 0.15) is 29.7 Å². The predicted octanol–water partition coefficient (Wildman–Crippen LogP) is 3.25. The fraction of sp³-hybridized carbons (Fsp3) is 0.312. The zero-order valence-electron chi connectivity index (χ0n) is 11.7. The molecule has 0 fully saturated rings. The lowest BCUT2D eigenvalue weighted by molar-refractivity contribution is 0.401. The van der Waals surface area contributed by atoms with Crippen molar-refractivity contribution in [2.24, 2.45) is 0 Å². The number of aryl methyl sites for hydroxylation is 1. The van der Waals surface area contributed by atoms with Crippen LogP contribution >= 0.6 is 0 Å². The maximum Gasteiger partial charge on any atom is 0.123 e. The number of hydrogen-bond acceptors (Lipinski definition) is 3. The van der Waals surface area contributed by atoms with Crippen molar-refractivity contribution in [1.82, 2.24) is 10.3 Å². The number of rotatable bonds is 5. The van der Waals surface area contributed by atoms with Crippen LogP contribution < -0.4 is 10.1 Å². The molecule has 0 aliphatic rings. The van der Waals surface area contributed by atoms with Crippen LogP contribution in [0.4, 0.5) is 0 Å². The number of para-hydroxylation sites is 1. The number of methoxy groups -OCH3 is 1. The molecule has 0 aliphatic carbocycles. The Kier molecular flexibility index (Phi) is 4.53. The summed E-state index contributed by atoms with van der Waals surface area (Å²) in [6.45, 7) is 5.05. The van der Waals surface area contributed by atoms with Crippen molar-refractivity contribution in [3.05, 3.63) is 59.4 Å². The molecule has 1 heterocycles. The fourth-order valence-corrected chi connectivity index (χ4v) is 2.08. The standard InChI is InChI=1S/C16H20N2O/c1-12-8-9-17-10-14(12)11-18-13(2)15-6-4-5-7-16(15)19-3/h4-10,13,18H,11H2,1-3H3/t13-/m1/s1. The Labute approximate surface area is 114 Å². The molecule has 100 valence electrons. The summed E-state index contributed by atoms with van der Waals surface area (Å²) in [6.07, 6.45) is 3.74. The first-order chi connectivity index (χ1) is 9.22. The quantitative estimate of drug-likeness (QED) is 0.891. The van der Waals surface area contributed by atoms with E-state index in [-0.39, 0.29) is 6.04 Å². The Hall–Kier alpha value is -1.87. The van der Waals surface area contributed by atoms with Gasteiger partial charge in [-0.25, -0.2) is 0 Å². The van der Waals surface area contributed by atoms with Gasteiger partial charge in [-0.2, -0.15) is 0 Å². The van der Waals surface area contributed by atoms with Gasteiger partial charge in [0.1, 0.15) is 5.75 Å². The van der Waals surface area contributed by atoms with Gasteiger partial charge in [-0.05, 0) is 37.1 Å². The topological polar surface area (TPSA) is 34.1 Å². The number of pyridine rings is 1. The normalized spacial score (nSPS) is 12.2. The highest BCUT2D eigenvalue weighted by atomic mass is 16.5. The molecule has 0 unspecified atom stereocenters. The molecule has 0 amide bonds. The first kappa shape index (κ1) is 13.6. The third kappa shape index (κ3) is 3.32. The minimum absolute atomic E-state index is 0.232. The molecule has 1 atom stereocenters. The van der Waals surface area contributed by atoms with Crippen molar-refractivity contribution in [2.75, 3.05) is 7.11 Å². The van der Waals surface area contributed by atoms with Crippen molar-refractivity contribution in [3.63, 3.8) is 0 Å². The van der Waals surface area contributed by atoms with Crippen LogP contribution in [-0.4, -0.2) is 12.1 Å². The summed E-state index contributed by atoms with van der Waals surface area (Å²) in [7, 11) is 1.71. The SMILES string of the molecule is COc1ccccc1[C@@H](C)NCc1cnccc1C. The van der Waals surface area contributed by atoms with E-state index < -0.39 is 0 Å². The predicted molar refractivity (Wildman–Crippen MR) is 77.2 cm³/mol. The Morgan fingerprint density at radius 1 is 1.26 bits per heavy atom. The second-order valence-electron chi connectivity index (χ2n) is 4.65. The lowest BCUT2D eigenvalue weighted by Crippen LogP contribution is -2.19. The maximum absolute atomic E-state index is 5.39. The molecular formula is C16H20N2O. The average molecular weight is 256 g/mol. The Morgan fingerprint density at radius 2 is 2.05 bits per heavy atom. The van der Waals surface area contributed by atoms with Gasteiger partial charge in [0.15, 0.2) is 0 Å². The van der Waals surface area contributed by atoms with E-state index in [9.17, 15) is 0 Å². The van der Waals surface area contributed by atoms with Crippen LogP contribution in [0.2, 0.25) is 0 Å². The minimum Gasteiger partial charge on any atom is -0.496 e. The largest absolute Gasteiger partial charge is 0.496 e. The van der Waals surface area contributed by atoms with Gasteiger partial charge >= 0.3 is 0 Å². The van der Waals surface area contributed by atoms with Gasteiger partial charge < -0.3 is 10.1 Å². The second kappa shape index (κ2) is 6.34. The zero-order valence-corrected chi connectivity index (χ0v) is 11.7. The lowest BCUT2D eigenvalue weighted by Gasteiger charge is -2.17. The number of aromatic nitrogens is 1. The summed E-state index contributed by atoms with van der Waals surface area (Å²) in [5.41, 5.74) is 3.66. The molecule has 0 radical (unpaired) electrons. The molecule has 19 heavy (non-hydrogen) atoms. The number of hydrogen-bond donors (Lipinski definition) is 1. The molecule has 1 aromatic carbocycles. The molecule has 3 nitrogen and oxygen atoms in total. The van der Waals surface area contributed by atoms with E-state index in [2.05, 4.69) is 30.2 Å². The summed E-state index contributed by atoms with van der Waals surface area (Å²) < 4.78 is 5.39. The van der Waals surface area contributed by atoms with Crippen molar-refractivity contribution >= 4 is 0 Å². The first-order valence-electron chi connectivity index (χ1n) is 6.48. The molecule has 1 N–H and O–H groups in total. The summed E-state index contributed by atoms with van der Waals surface area (Å²) in [5.74, 6) is 0.922. The monoisotopic (exact) mass is 256 g/mol. The molecule has 1 aromatic heterocycles. The van der Waals surface area contributed by atoms with Crippen molar-refractivity contribution < 1.29 is 4.74 Å². The summed E-state index contributed by atoms with van der Waals surface area (Å²) in [6, 6.07) is 10.4. The Balaban J connectivity index is 2.05. The minimum atomic E-state index is 0.232. The van der Waals surface area contributed by atoms with E-state index in [0.717, 1.165) is 12.3 Å². The Morgan fingerprint density at radius 3 is 2.79 bits per heavy atom. The second-order valence-corrected chi connectivity index (χ2v) is 4.65. The molecule has 0 spiro atoms. The van der Waals surface area contributed by atoms with Gasteiger partial charge in [0.25, 0.3) is 0 Å². The van der Waals surface area contributed by atoms with Gasteiger partial charge in [-0.1, -0.05) is 18.2 Å². The highest BCUT2D eigenvalue weighted by molar-refractivity contribution is 5.35. The average Bonchev–Trinajstić information content (AvgIpc) is 2.46.